The maximum Gasteiger partial charge on any atom is 0.0606 e. The zero-order chi connectivity index (χ0) is 15.0. The first-order valence-corrected chi connectivity index (χ1v) is 7.81. The van der Waals surface area contributed by atoms with Gasteiger partial charge >= 0.3 is 0 Å². The Morgan fingerprint density at radius 3 is 2.60 bits per heavy atom. The number of aliphatic hydroxyl groups excluding tert-OH is 1. The molecule has 0 aliphatic heterocycles. The molecule has 20 heavy (non-hydrogen) atoms. The van der Waals surface area contributed by atoms with Gasteiger partial charge in [-0.25, -0.2) is 0 Å². The molecule has 0 heterocycles. The zero-order valence-corrected chi connectivity index (χ0v) is 13.6. The molecule has 3 nitrogen and oxygen atoms in total. The number of benzene rings is 1. The van der Waals surface area contributed by atoms with Crippen LogP contribution in [-0.2, 0) is 6.54 Å². The van der Waals surface area contributed by atoms with E-state index < -0.39 is 0 Å². The molecule has 4 heteroatoms. The largest absolute Gasteiger partial charge is 0.395 e. The van der Waals surface area contributed by atoms with Crippen LogP contribution in [0.4, 0.5) is 5.69 Å². The van der Waals surface area contributed by atoms with Crippen LogP contribution in [0.15, 0.2) is 18.2 Å². The van der Waals surface area contributed by atoms with E-state index in [1.54, 1.807) is 0 Å². The van der Waals surface area contributed by atoms with E-state index in [1.807, 2.05) is 6.07 Å². The monoisotopic (exact) mass is 298 g/mol. The molecule has 0 saturated carbocycles. The van der Waals surface area contributed by atoms with Crippen LogP contribution in [-0.4, -0.2) is 31.3 Å². The fraction of sp³-hybridized carbons (Fsp3) is 0.625. The maximum atomic E-state index is 9.13. The van der Waals surface area contributed by atoms with Gasteiger partial charge in [-0.1, -0.05) is 38.4 Å². The van der Waals surface area contributed by atoms with Crippen LogP contribution in [0.1, 0.15) is 32.8 Å². The minimum atomic E-state index is 0.162. The second-order valence-electron chi connectivity index (χ2n) is 5.51. The summed E-state index contributed by atoms with van der Waals surface area (Å²) in [6, 6.07) is 6.16. The average Bonchev–Trinajstić information content (AvgIpc) is 2.40. The Morgan fingerprint density at radius 1 is 1.30 bits per heavy atom. The first-order chi connectivity index (χ1) is 9.58. The van der Waals surface area contributed by atoms with Crippen LogP contribution in [0.2, 0.25) is 5.02 Å². The molecule has 0 aliphatic rings. The Balaban J connectivity index is 2.70. The molecule has 0 fully saturated rings. The maximum absolute atomic E-state index is 9.13. The molecule has 0 radical (unpaired) electrons. The van der Waals surface area contributed by atoms with Gasteiger partial charge in [0.05, 0.1) is 6.61 Å². The summed E-state index contributed by atoms with van der Waals surface area (Å²) in [7, 11) is 0. The topological polar surface area (TPSA) is 35.5 Å². The van der Waals surface area contributed by atoms with Gasteiger partial charge in [-0.15, -0.1) is 0 Å². The van der Waals surface area contributed by atoms with Crippen molar-refractivity contribution in [3.8, 4) is 0 Å². The van der Waals surface area contributed by atoms with Crippen molar-refractivity contribution in [1.82, 2.24) is 5.32 Å². The lowest BCUT2D eigenvalue weighted by Gasteiger charge is -2.24. The molecule has 1 aromatic carbocycles. The second-order valence-corrected chi connectivity index (χ2v) is 5.92. The summed E-state index contributed by atoms with van der Waals surface area (Å²) in [5.74, 6) is 0.637. The third-order valence-electron chi connectivity index (χ3n) is 3.13. The van der Waals surface area contributed by atoms with Crippen molar-refractivity contribution in [3.63, 3.8) is 0 Å². The molecule has 0 aliphatic carbocycles. The van der Waals surface area contributed by atoms with Crippen molar-refractivity contribution in [2.45, 2.75) is 33.7 Å². The minimum Gasteiger partial charge on any atom is -0.395 e. The molecule has 1 rings (SSSR count). The number of hydrogen-bond acceptors (Lipinski definition) is 3. The summed E-state index contributed by atoms with van der Waals surface area (Å²) in [5.41, 5.74) is 2.20. The molecule has 0 aromatic heterocycles. The highest BCUT2D eigenvalue weighted by atomic mass is 35.5. The van der Waals surface area contributed by atoms with Crippen molar-refractivity contribution in [1.29, 1.82) is 0 Å². The van der Waals surface area contributed by atoms with Crippen LogP contribution >= 0.6 is 11.6 Å². The van der Waals surface area contributed by atoms with Crippen LogP contribution in [0.3, 0.4) is 0 Å². The summed E-state index contributed by atoms with van der Waals surface area (Å²) in [5, 5.41) is 13.3. The van der Waals surface area contributed by atoms with Crippen LogP contribution in [0.5, 0.6) is 0 Å². The van der Waals surface area contributed by atoms with E-state index in [2.05, 4.69) is 43.1 Å². The van der Waals surface area contributed by atoms with Crippen LogP contribution in [0.25, 0.3) is 0 Å². The Kier molecular flexibility index (Phi) is 7.97. The number of hydrogen-bond donors (Lipinski definition) is 2. The van der Waals surface area contributed by atoms with Crippen LogP contribution in [0, 0.1) is 5.92 Å². The van der Waals surface area contributed by atoms with Gasteiger partial charge in [0.15, 0.2) is 0 Å². The number of nitrogens with one attached hydrogen (secondary N) is 1. The smallest absolute Gasteiger partial charge is 0.0606 e. The molecule has 0 atom stereocenters. The van der Waals surface area contributed by atoms with Gasteiger partial charge in [-0.3, -0.25) is 0 Å². The Bertz CT molecular complexity index is 390. The molecule has 114 valence electrons. The van der Waals surface area contributed by atoms with Gasteiger partial charge < -0.3 is 15.3 Å². The van der Waals surface area contributed by atoms with E-state index in [9.17, 15) is 0 Å². The summed E-state index contributed by atoms with van der Waals surface area (Å²) in [6.07, 6.45) is 1.05. The summed E-state index contributed by atoms with van der Waals surface area (Å²) in [6.45, 7) is 10.0. The Hall–Kier alpha value is -0.770. The highest BCUT2D eigenvalue weighted by molar-refractivity contribution is 6.31. The highest BCUT2D eigenvalue weighted by Gasteiger charge is 2.08. The zero-order valence-electron chi connectivity index (χ0n) is 12.8. The number of halogens is 1. The minimum absolute atomic E-state index is 0.162. The lowest BCUT2D eigenvalue weighted by molar-refractivity contribution is 0.302. The second kappa shape index (κ2) is 9.22. The molecule has 0 bridgehead atoms. The molecular formula is C16H27ClN2O. The number of rotatable bonds is 9. The molecule has 0 unspecified atom stereocenters. The quantitative estimate of drug-likeness (QED) is 0.734. The van der Waals surface area contributed by atoms with Gasteiger partial charge in [0, 0.05) is 30.3 Å². The van der Waals surface area contributed by atoms with Crippen LogP contribution < -0.4 is 10.2 Å². The van der Waals surface area contributed by atoms with Gasteiger partial charge in [-0.05, 0) is 36.6 Å². The Labute approximate surface area is 127 Å². The van der Waals surface area contributed by atoms with Crippen molar-refractivity contribution >= 4 is 17.3 Å². The molecule has 0 spiro atoms. The van der Waals surface area contributed by atoms with Crippen molar-refractivity contribution in [3.05, 3.63) is 28.8 Å². The van der Waals surface area contributed by atoms with E-state index in [1.165, 1.54) is 0 Å². The number of anilines is 1. The highest BCUT2D eigenvalue weighted by Crippen LogP contribution is 2.24. The third kappa shape index (κ3) is 5.70. The van der Waals surface area contributed by atoms with Gasteiger partial charge in [0.2, 0.25) is 0 Å². The van der Waals surface area contributed by atoms with Crippen molar-refractivity contribution < 1.29 is 5.11 Å². The number of aliphatic hydroxyl groups is 1. The molecule has 2 N–H and O–H groups in total. The van der Waals surface area contributed by atoms with E-state index in [4.69, 9.17) is 16.7 Å². The molecule has 0 amide bonds. The van der Waals surface area contributed by atoms with E-state index in [0.717, 1.165) is 42.3 Å². The van der Waals surface area contributed by atoms with E-state index >= 15 is 0 Å². The third-order valence-corrected chi connectivity index (χ3v) is 3.49. The molecular weight excluding hydrogens is 272 g/mol. The normalized spacial score (nSPS) is 11.1. The number of nitrogens with zero attached hydrogens (tertiary/aromatic N) is 1. The van der Waals surface area contributed by atoms with Crippen molar-refractivity contribution in [2.75, 3.05) is 31.1 Å². The lowest BCUT2D eigenvalue weighted by atomic mass is 10.1. The fourth-order valence-electron chi connectivity index (χ4n) is 2.13. The SMILES string of the molecule is CCCN(CCO)c1ccc(CNCC(C)C)c(Cl)c1. The lowest BCUT2D eigenvalue weighted by Crippen LogP contribution is -2.27. The fourth-order valence-corrected chi connectivity index (χ4v) is 2.37. The van der Waals surface area contributed by atoms with E-state index in [0.29, 0.717) is 12.5 Å². The predicted molar refractivity (Wildman–Crippen MR) is 87.6 cm³/mol. The average molecular weight is 299 g/mol. The van der Waals surface area contributed by atoms with Gasteiger partial charge in [0.1, 0.15) is 0 Å². The summed E-state index contributed by atoms with van der Waals surface area (Å²) >= 11 is 6.36. The molecule has 1 aromatic rings. The Morgan fingerprint density at radius 2 is 2.05 bits per heavy atom. The first-order valence-electron chi connectivity index (χ1n) is 7.43. The van der Waals surface area contributed by atoms with Crippen molar-refractivity contribution in [2.24, 2.45) is 5.92 Å². The van der Waals surface area contributed by atoms with E-state index in [-0.39, 0.29) is 6.61 Å². The summed E-state index contributed by atoms with van der Waals surface area (Å²) in [4.78, 5) is 2.16. The predicted octanol–water partition coefficient (Wildman–Crippen LogP) is 3.29. The standard InChI is InChI=1S/C16H27ClN2O/c1-4-7-19(8-9-20)15-6-5-14(16(17)10-15)12-18-11-13(2)3/h5-6,10,13,18,20H,4,7-9,11-12H2,1-3H3. The summed E-state index contributed by atoms with van der Waals surface area (Å²) < 4.78 is 0. The van der Waals surface area contributed by atoms with Gasteiger partial charge in [-0.2, -0.15) is 0 Å². The van der Waals surface area contributed by atoms with Gasteiger partial charge in [0.25, 0.3) is 0 Å². The molecule has 0 saturated heterocycles. The first kappa shape index (κ1) is 17.3.